The van der Waals surface area contributed by atoms with Crippen LogP contribution in [0.4, 0.5) is 0 Å². The Labute approximate surface area is 257 Å². The topological polar surface area (TPSA) is 115 Å². The second-order valence-electron chi connectivity index (χ2n) is 8.59. The van der Waals surface area contributed by atoms with E-state index >= 15 is 0 Å². The lowest BCUT2D eigenvalue weighted by Crippen LogP contribution is -2.40. The third-order valence-corrected chi connectivity index (χ3v) is 8.12. The van der Waals surface area contributed by atoms with Crippen LogP contribution >= 0.6 is 45.5 Å². The van der Waals surface area contributed by atoms with Gasteiger partial charge in [0.25, 0.3) is 5.56 Å². The number of carbonyl (C=O) groups excluding carboxylic acids is 2. The molecular weight excluding hydrogens is 687 g/mol. The summed E-state index contributed by atoms with van der Waals surface area (Å²) in [5, 5.41) is 0.411. The van der Waals surface area contributed by atoms with Crippen LogP contribution in [0.1, 0.15) is 31.0 Å². The van der Waals surface area contributed by atoms with E-state index in [0.29, 0.717) is 52.0 Å². The second-order valence-corrected chi connectivity index (χ2v) is 11.2. The standard InChI is InChI=1S/C28H26ClIN2O8S/c1-6-39-22(33)13-40-25-18(30)9-15(10-20(25)37-4)11-21-26(34)32-24(17-12-16(29)7-8-19(17)36-3)23(27(35)38-5)14(2)31-28(32)41-21/h7-12,24H,6,13H2,1-5H3/b21-11-/t24-/m1/s1. The molecule has 0 fully saturated rings. The number of ether oxygens (including phenoxy) is 5. The van der Waals surface area contributed by atoms with Crippen molar-refractivity contribution in [2.45, 2.75) is 19.9 Å². The van der Waals surface area contributed by atoms with Gasteiger partial charge in [-0.1, -0.05) is 22.9 Å². The SMILES string of the molecule is CCOC(=O)COc1c(I)cc(/C=c2\sc3n(c2=O)[C@H](c2cc(Cl)ccc2OC)C(C(=O)OC)=C(C)N=3)cc1OC. The smallest absolute Gasteiger partial charge is 0.344 e. The lowest BCUT2D eigenvalue weighted by atomic mass is 9.95. The van der Waals surface area contributed by atoms with Crippen molar-refractivity contribution >= 4 is 63.5 Å². The number of rotatable bonds is 9. The number of methoxy groups -OCH3 is 3. The van der Waals surface area contributed by atoms with Crippen molar-refractivity contribution in [2.75, 3.05) is 34.5 Å². The summed E-state index contributed by atoms with van der Waals surface area (Å²) < 4.78 is 29.2. The molecule has 216 valence electrons. The van der Waals surface area contributed by atoms with Crippen LogP contribution < -0.4 is 29.1 Å². The first-order chi connectivity index (χ1) is 19.6. The first-order valence-electron chi connectivity index (χ1n) is 12.2. The number of hydrogen-bond acceptors (Lipinski definition) is 10. The monoisotopic (exact) mass is 712 g/mol. The van der Waals surface area contributed by atoms with E-state index in [2.05, 4.69) is 27.6 Å². The number of nitrogens with zero attached hydrogens (tertiary/aromatic N) is 2. The average molecular weight is 713 g/mol. The van der Waals surface area contributed by atoms with Gasteiger partial charge >= 0.3 is 11.9 Å². The fourth-order valence-corrected chi connectivity index (χ4v) is 6.36. The lowest BCUT2D eigenvalue weighted by molar-refractivity contribution is -0.145. The first-order valence-corrected chi connectivity index (χ1v) is 14.5. The molecule has 1 aliphatic rings. The van der Waals surface area contributed by atoms with Gasteiger partial charge < -0.3 is 23.7 Å². The van der Waals surface area contributed by atoms with Crippen LogP contribution in [0.15, 0.2) is 51.4 Å². The fraction of sp³-hybridized carbons (Fsp3) is 0.286. The number of aromatic nitrogens is 1. The molecule has 13 heteroatoms. The fourth-order valence-electron chi connectivity index (χ4n) is 4.35. The third-order valence-electron chi connectivity index (χ3n) is 6.10. The van der Waals surface area contributed by atoms with Crippen LogP contribution in [0.25, 0.3) is 6.08 Å². The Morgan fingerprint density at radius 2 is 1.88 bits per heavy atom. The van der Waals surface area contributed by atoms with Crippen molar-refractivity contribution in [2.24, 2.45) is 4.99 Å². The Balaban J connectivity index is 1.87. The highest BCUT2D eigenvalue weighted by Gasteiger charge is 2.35. The quantitative estimate of drug-likeness (QED) is 0.244. The largest absolute Gasteiger partial charge is 0.496 e. The highest BCUT2D eigenvalue weighted by molar-refractivity contribution is 14.1. The Kier molecular flexibility index (Phi) is 9.76. The van der Waals surface area contributed by atoms with Crippen molar-refractivity contribution in [1.82, 2.24) is 4.57 Å². The van der Waals surface area contributed by atoms with Gasteiger partial charge in [-0.2, -0.15) is 0 Å². The maximum Gasteiger partial charge on any atom is 0.344 e. The van der Waals surface area contributed by atoms with E-state index in [0.717, 1.165) is 0 Å². The van der Waals surface area contributed by atoms with Crippen LogP contribution in [0.5, 0.6) is 17.2 Å². The molecule has 0 unspecified atom stereocenters. The van der Waals surface area contributed by atoms with Gasteiger partial charge in [0.05, 0.1) is 47.3 Å². The third kappa shape index (κ3) is 6.28. The van der Waals surface area contributed by atoms with Crippen LogP contribution in [0.3, 0.4) is 0 Å². The number of allylic oxidation sites excluding steroid dienone is 1. The molecule has 10 nitrogen and oxygen atoms in total. The first kappa shape index (κ1) is 30.6. The van der Waals surface area contributed by atoms with E-state index in [-0.39, 0.29) is 24.3 Å². The number of hydrogen-bond donors (Lipinski definition) is 0. The molecule has 2 aromatic carbocycles. The molecule has 1 atom stereocenters. The van der Waals surface area contributed by atoms with Gasteiger partial charge in [0, 0.05) is 10.6 Å². The predicted molar refractivity (Wildman–Crippen MR) is 162 cm³/mol. The van der Waals surface area contributed by atoms with Crippen molar-refractivity contribution in [1.29, 1.82) is 0 Å². The van der Waals surface area contributed by atoms with E-state index in [4.69, 9.17) is 35.3 Å². The van der Waals surface area contributed by atoms with Crippen molar-refractivity contribution in [3.8, 4) is 17.2 Å². The number of halogens is 2. The average Bonchev–Trinajstić information content (AvgIpc) is 3.24. The maximum atomic E-state index is 13.9. The minimum atomic E-state index is -0.886. The molecular formula is C28H26ClIN2O8S. The van der Waals surface area contributed by atoms with Crippen molar-refractivity contribution in [3.63, 3.8) is 0 Å². The lowest BCUT2D eigenvalue weighted by Gasteiger charge is -2.25. The molecule has 0 aliphatic carbocycles. The van der Waals surface area contributed by atoms with E-state index in [1.54, 1.807) is 50.3 Å². The summed E-state index contributed by atoms with van der Waals surface area (Å²) in [6, 6.07) is 7.61. The number of carbonyl (C=O) groups is 2. The van der Waals surface area contributed by atoms with Gasteiger partial charge in [0.15, 0.2) is 22.9 Å². The van der Waals surface area contributed by atoms with Gasteiger partial charge in [0.2, 0.25) is 0 Å². The summed E-state index contributed by atoms with van der Waals surface area (Å²) in [6.45, 7) is 3.38. The zero-order valence-corrected chi connectivity index (χ0v) is 26.5. The Bertz CT molecular complexity index is 1730. The summed E-state index contributed by atoms with van der Waals surface area (Å²) in [7, 11) is 4.25. The molecule has 3 aromatic rings. The summed E-state index contributed by atoms with van der Waals surface area (Å²) in [5.74, 6) is 0.0906. The second kappa shape index (κ2) is 13.1. The molecule has 0 radical (unpaired) electrons. The highest BCUT2D eigenvalue weighted by atomic mass is 127. The van der Waals surface area contributed by atoms with Gasteiger partial charge in [-0.15, -0.1) is 0 Å². The maximum absolute atomic E-state index is 13.9. The van der Waals surface area contributed by atoms with Gasteiger partial charge in [-0.05, 0) is 78.4 Å². The Hall–Kier alpha value is -3.36. The number of thiazole rings is 1. The molecule has 0 spiro atoms. The summed E-state index contributed by atoms with van der Waals surface area (Å²) >= 11 is 9.57. The molecule has 0 N–H and O–H groups in total. The molecule has 1 aromatic heterocycles. The molecule has 0 amide bonds. The minimum Gasteiger partial charge on any atom is -0.496 e. The predicted octanol–water partition coefficient (Wildman–Crippen LogP) is 3.63. The zero-order chi connectivity index (χ0) is 29.8. The number of fused-ring (bicyclic) bond motifs is 1. The molecule has 0 saturated heterocycles. The van der Waals surface area contributed by atoms with Crippen LogP contribution in [-0.4, -0.2) is 51.0 Å². The Morgan fingerprint density at radius 3 is 2.54 bits per heavy atom. The van der Waals surface area contributed by atoms with Crippen LogP contribution in [0.2, 0.25) is 5.02 Å². The molecule has 0 saturated carbocycles. The molecule has 2 heterocycles. The van der Waals surface area contributed by atoms with Crippen molar-refractivity contribution in [3.05, 3.63) is 81.0 Å². The van der Waals surface area contributed by atoms with E-state index < -0.39 is 18.0 Å². The molecule has 0 bridgehead atoms. The van der Waals surface area contributed by atoms with Gasteiger partial charge in [0.1, 0.15) is 11.8 Å². The Morgan fingerprint density at radius 1 is 1.15 bits per heavy atom. The van der Waals surface area contributed by atoms with Crippen LogP contribution in [0, 0.1) is 3.57 Å². The summed E-state index contributed by atoms with van der Waals surface area (Å²) in [5.41, 5.74) is 1.41. The molecule has 1 aliphatic heterocycles. The normalized spacial score (nSPS) is 14.7. The zero-order valence-electron chi connectivity index (χ0n) is 22.8. The minimum absolute atomic E-state index is 0.200. The van der Waals surface area contributed by atoms with Gasteiger partial charge in [-0.3, -0.25) is 9.36 Å². The van der Waals surface area contributed by atoms with Crippen molar-refractivity contribution < 1.29 is 33.3 Å². The number of esters is 2. The summed E-state index contributed by atoms with van der Waals surface area (Å²) in [4.78, 5) is 43.6. The summed E-state index contributed by atoms with van der Waals surface area (Å²) in [6.07, 6.45) is 1.70. The highest BCUT2D eigenvalue weighted by Crippen LogP contribution is 2.37. The number of benzene rings is 2. The van der Waals surface area contributed by atoms with Gasteiger partial charge in [-0.25, -0.2) is 14.6 Å². The van der Waals surface area contributed by atoms with E-state index in [9.17, 15) is 14.4 Å². The van der Waals surface area contributed by atoms with E-state index in [1.807, 2.05) is 0 Å². The molecule has 41 heavy (non-hydrogen) atoms. The molecule has 4 rings (SSSR count). The van der Waals surface area contributed by atoms with E-state index in [1.165, 1.54) is 37.2 Å². The van der Waals surface area contributed by atoms with Crippen LogP contribution in [-0.2, 0) is 19.1 Å².